The van der Waals surface area contributed by atoms with Crippen LogP contribution in [0, 0.1) is 11.3 Å². The summed E-state index contributed by atoms with van der Waals surface area (Å²) in [6.45, 7) is 1.72. The van der Waals surface area contributed by atoms with Crippen molar-refractivity contribution < 1.29 is 4.74 Å². The van der Waals surface area contributed by atoms with E-state index < -0.39 is 0 Å². The number of ether oxygens (including phenoxy) is 1. The second kappa shape index (κ2) is 4.37. The van der Waals surface area contributed by atoms with Crippen LogP contribution in [0.1, 0.15) is 12.1 Å². The first-order valence-electron chi connectivity index (χ1n) is 5.19. The number of hydrogen-bond acceptors (Lipinski definition) is 5. The number of nitrogen functional groups attached to an aromatic ring is 1. The van der Waals surface area contributed by atoms with Crippen LogP contribution >= 0.6 is 0 Å². The van der Waals surface area contributed by atoms with Crippen LogP contribution in [0.2, 0.25) is 0 Å². The maximum absolute atomic E-state index is 8.85. The molecule has 2 heterocycles. The monoisotopic (exact) mass is 218 g/mol. The molecule has 0 spiro atoms. The number of rotatable bonds is 2. The van der Waals surface area contributed by atoms with Gasteiger partial charge in [0.2, 0.25) is 0 Å². The Bertz CT molecular complexity index is 426. The summed E-state index contributed by atoms with van der Waals surface area (Å²) in [6.07, 6.45) is 1.25. The summed E-state index contributed by atoms with van der Waals surface area (Å²) in [6, 6.07) is 5.55. The molecule has 0 saturated carbocycles. The highest BCUT2D eigenvalue weighted by atomic mass is 16.5. The van der Waals surface area contributed by atoms with E-state index in [1.165, 1.54) is 0 Å². The quantitative estimate of drug-likeness (QED) is 0.793. The third-order valence-corrected chi connectivity index (χ3v) is 2.82. The first-order valence-corrected chi connectivity index (χ1v) is 5.19. The number of methoxy groups -OCH3 is 1. The lowest BCUT2D eigenvalue weighted by atomic mass is 10.3. The Kier molecular flexibility index (Phi) is 2.93. The Balaban J connectivity index is 2.19. The lowest BCUT2D eigenvalue weighted by Crippen LogP contribution is -2.23. The molecule has 1 saturated heterocycles. The summed E-state index contributed by atoms with van der Waals surface area (Å²) in [5, 5.41) is 8.85. The standard InChI is InChI=1S/C11H14N4O/c1-16-8-4-5-15(7-8)11-3-2-9(13)10(6-12)14-11/h2-3,8H,4-5,7,13H2,1H3. The van der Waals surface area contributed by atoms with Gasteiger partial charge in [-0.2, -0.15) is 5.26 Å². The molecule has 1 aliphatic rings. The highest BCUT2D eigenvalue weighted by Crippen LogP contribution is 2.21. The minimum atomic E-state index is 0.255. The van der Waals surface area contributed by atoms with Gasteiger partial charge >= 0.3 is 0 Å². The van der Waals surface area contributed by atoms with E-state index in [0.29, 0.717) is 11.4 Å². The Morgan fingerprint density at radius 1 is 1.62 bits per heavy atom. The lowest BCUT2D eigenvalue weighted by Gasteiger charge is -2.17. The molecule has 1 atom stereocenters. The van der Waals surface area contributed by atoms with E-state index in [9.17, 15) is 0 Å². The highest BCUT2D eigenvalue weighted by Gasteiger charge is 2.23. The van der Waals surface area contributed by atoms with Crippen LogP contribution in [0.3, 0.4) is 0 Å². The molecule has 2 N–H and O–H groups in total. The lowest BCUT2D eigenvalue weighted by molar-refractivity contribution is 0.121. The first kappa shape index (κ1) is 10.7. The fraction of sp³-hybridized carbons (Fsp3) is 0.455. The zero-order chi connectivity index (χ0) is 11.5. The molecule has 0 aromatic carbocycles. The predicted molar refractivity (Wildman–Crippen MR) is 61.0 cm³/mol. The smallest absolute Gasteiger partial charge is 0.165 e. The molecule has 1 aromatic rings. The molecular formula is C11H14N4O. The van der Waals surface area contributed by atoms with E-state index in [4.69, 9.17) is 15.7 Å². The van der Waals surface area contributed by atoms with Gasteiger partial charge in [-0.1, -0.05) is 0 Å². The van der Waals surface area contributed by atoms with E-state index in [-0.39, 0.29) is 6.10 Å². The summed E-state index contributed by atoms with van der Waals surface area (Å²) in [4.78, 5) is 6.33. The van der Waals surface area contributed by atoms with Gasteiger partial charge in [-0.25, -0.2) is 4.98 Å². The van der Waals surface area contributed by atoms with Crippen molar-refractivity contribution in [1.82, 2.24) is 4.98 Å². The molecule has 1 unspecified atom stereocenters. The minimum Gasteiger partial charge on any atom is -0.396 e. The highest BCUT2D eigenvalue weighted by molar-refractivity contribution is 5.55. The second-order valence-corrected chi connectivity index (χ2v) is 3.81. The van der Waals surface area contributed by atoms with Crippen LogP contribution in [0.15, 0.2) is 12.1 Å². The van der Waals surface area contributed by atoms with Gasteiger partial charge in [-0.3, -0.25) is 0 Å². The number of nitrogens with zero attached hydrogens (tertiary/aromatic N) is 3. The van der Waals surface area contributed by atoms with Gasteiger partial charge in [0.05, 0.1) is 11.8 Å². The average molecular weight is 218 g/mol. The van der Waals surface area contributed by atoms with Crippen LogP contribution in [-0.2, 0) is 4.74 Å². The average Bonchev–Trinajstić information content (AvgIpc) is 2.78. The van der Waals surface area contributed by atoms with Crippen LogP contribution < -0.4 is 10.6 Å². The number of hydrogen-bond donors (Lipinski definition) is 1. The van der Waals surface area contributed by atoms with Crippen molar-refractivity contribution >= 4 is 11.5 Å². The Labute approximate surface area is 94.4 Å². The Morgan fingerprint density at radius 3 is 3.06 bits per heavy atom. The normalized spacial score (nSPS) is 19.8. The topological polar surface area (TPSA) is 75.2 Å². The van der Waals surface area contributed by atoms with Crippen LogP contribution in [0.25, 0.3) is 0 Å². The van der Waals surface area contributed by atoms with Gasteiger partial charge in [0, 0.05) is 20.2 Å². The van der Waals surface area contributed by atoms with E-state index in [0.717, 1.165) is 25.3 Å². The molecule has 1 aromatic heterocycles. The van der Waals surface area contributed by atoms with E-state index in [1.807, 2.05) is 12.1 Å². The summed E-state index contributed by atoms with van der Waals surface area (Å²) in [5.41, 5.74) is 6.34. The van der Waals surface area contributed by atoms with Crippen molar-refractivity contribution in [3.8, 4) is 6.07 Å². The van der Waals surface area contributed by atoms with E-state index >= 15 is 0 Å². The Hall–Kier alpha value is -1.80. The third-order valence-electron chi connectivity index (χ3n) is 2.82. The maximum Gasteiger partial charge on any atom is 0.165 e. The fourth-order valence-electron chi connectivity index (χ4n) is 1.85. The SMILES string of the molecule is COC1CCN(c2ccc(N)c(C#N)n2)C1. The zero-order valence-electron chi connectivity index (χ0n) is 9.18. The van der Waals surface area contributed by atoms with Gasteiger partial charge < -0.3 is 15.4 Å². The van der Waals surface area contributed by atoms with Gasteiger partial charge in [0.15, 0.2) is 5.69 Å². The molecule has 0 amide bonds. The van der Waals surface area contributed by atoms with Crippen molar-refractivity contribution in [2.24, 2.45) is 0 Å². The number of nitriles is 1. The molecule has 84 valence electrons. The van der Waals surface area contributed by atoms with Crippen molar-refractivity contribution in [3.05, 3.63) is 17.8 Å². The van der Waals surface area contributed by atoms with Gasteiger partial charge in [0.1, 0.15) is 11.9 Å². The van der Waals surface area contributed by atoms with Gasteiger partial charge in [0.25, 0.3) is 0 Å². The molecule has 0 bridgehead atoms. The number of pyridine rings is 1. The number of anilines is 2. The minimum absolute atomic E-state index is 0.255. The van der Waals surface area contributed by atoms with Crippen LogP contribution in [0.4, 0.5) is 11.5 Å². The van der Waals surface area contributed by atoms with Crippen molar-refractivity contribution in [2.75, 3.05) is 30.8 Å². The van der Waals surface area contributed by atoms with Crippen LogP contribution in [-0.4, -0.2) is 31.3 Å². The second-order valence-electron chi connectivity index (χ2n) is 3.81. The number of aromatic nitrogens is 1. The molecule has 0 aliphatic carbocycles. The van der Waals surface area contributed by atoms with E-state index in [1.54, 1.807) is 13.2 Å². The molecule has 2 rings (SSSR count). The molecule has 5 heteroatoms. The largest absolute Gasteiger partial charge is 0.396 e. The van der Waals surface area contributed by atoms with Gasteiger partial charge in [-0.15, -0.1) is 0 Å². The van der Waals surface area contributed by atoms with Crippen molar-refractivity contribution in [3.63, 3.8) is 0 Å². The van der Waals surface area contributed by atoms with Crippen molar-refractivity contribution in [1.29, 1.82) is 5.26 Å². The number of nitrogens with two attached hydrogens (primary N) is 1. The summed E-state index contributed by atoms with van der Waals surface area (Å²) in [7, 11) is 1.71. The summed E-state index contributed by atoms with van der Waals surface area (Å²) >= 11 is 0. The molecule has 0 radical (unpaired) electrons. The zero-order valence-corrected chi connectivity index (χ0v) is 9.18. The van der Waals surface area contributed by atoms with Crippen molar-refractivity contribution in [2.45, 2.75) is 12.5 Å². The fourth-order valence-corrected chi connectivity index (χ4v) is 1.85. The molecular weight excluding hydrogens is 204 g/mol. The van der Waals surface area contributed by atoms with E-state index in [2.05, 4.69) is 9.88 Å². The first-order chi connectivity index (χ1) is 7.74. The van der Waals surface area contributed by atoms with Gasteiger partial charge in [-0.05, 0) is 18.6 Å². The molecule has 1 fully saturated rings. The predicted octanol–water partition coefficient (Wildman–Crippen LogP) is 0.761. The Morgan fingerprint density at radius 2 is 2.44 bits per heavy atom. The third kappa shape index (κ3) is 1.92. The molecule has 1 aliphatic heterocycles. The van der Waals surface area contributed by atoms with Crippen LogP contribution in [0.5, 0.6) is 0 Å². The summed E-state index contributed by atoms with van der Waals surface area (Å²) < 4.78 is 5.28. The summed E-state index contributed by atoms with van der Waals surface area (Å²) in [5.74, 6) is 0.797. The maximum atomic E-state index is 8.85. The molecule has 5 nitrogen and oxygen atoms in total. The molecule has 16 heavy (non-hydrogen) atoms.